The smallest absolute Gasteiger partial charge is 0.106 e. The van der Waals surface area contributed by atoms with Crippen LogP contribution >= 0.6 is 12.2 Å². The van der Waals surface area contributed by atoms with Crippen molar-refractivity contribution in [1.29, 1.82) is 0 Å². The number of rotatable bonds is 2. The lowest BCUT2D eigenvalue weighted by Crippen LogP contribution is -2.43. The second kappa shape index (κ2) is 4.52. The van der Waals surface area contributed by atoms with Crippen LogP contribution in [0.1, 0.15) is 24.0 Å². The molecule has 2 saturated heterocycles. The van der Waals surface area contributed by atoms with Crippen LogP contribution in [0.3, 0.4) is 0 Å². The maximum Gasteiger partial charge on any atom is 0.106 e. The Bertz CT molecular complexity index is 477. The summed E-state index contributed by atoms with van der Waals surface area (Å²) >= 11 is 5.17. The number of hydrogen-bond donors (Lipinski definition) is 1. The third-order valence-electron chi connectivity index (χ3n) is 3.80. The number of thiocarbonyl (C=S) groups is 1. The van der Waals surface area contributed by atoms with Gasteiger partial charge in [-0.05, 0) is 31.9 Å². The Morgan fingerprint density at radius 3 is 2.61 bits per heavy atom. The van der Waals surface area contributed by atoms with Gasteiger partial charge in [0.1, 0.15) is 4.99 Å². The summed E-state index contributed by atoms with van der Waals surface area (Å²) in [6, 6.07) is 6.33. The number of aryl methyl sites for hydroxylation is 1. The Balaban J connectivity index is 1.94. The van der Waals surface area contributed by atoms with Crippen LogP contribution in [0, 0.1) is 6.92 Å². The normalized spacial score (nSPS) is 26.4. The molecule has 3 nitrogen and oxygen atoms in total. The highest BCUT2D eigenvalue weighted by Crippen LogP contribution is 2.31. The van der Waals surface area contributed by atoms with Gasteiger partial charge in [0, 0.05) is 24.3 Å². The summed E-state index contributed by atoms with van der Waals surface area (Å²) in [6.07, 6.45) is 3.11. The number of ether oxygens (including phenoxy) is 1. The van der Waals surface area contributed by atoms with Gasteiger partial charge in [-0.2, -0.15) is 0 Å². The van der Waals surface area contributed by atoms with Gasteiger partial charge in [0.15, 0.2) is 0 Å². The summed E-state index contributed by atoms with van der Waals surface area (Å²) < 4.78 is 5.87. The molecule has 0 aliphatic carbocycles. The predicted octanol–water partition coefficient (Wildman–Crippen LogP) is 2.00. The van der Waals surface area contributed by atoms with Crippen LogP contribution < -0.4 is 10.6 Å². The van der Waals surface area contributed by atoms with Crippen molar-refractivity contribution < 1.29 is 4.74 Å². The zero-order valence-electron chi connectivity index (χ0n) is 10.6. The standard InChI is InChI=1S/C14H18N2OS/c1-9-2-5-13(12(6-9)14(15)18)16-7-10-3-4-11(8-16)17-10/h2,5-6,10-11H,3-4,7-8H2,1H3,(H2,15,18). The van der Waals surface area contributed by atoms with Crippen molar-refractivity contribution in [1.82, 2.24) is 0 Å². The molecule has 0 aromatic heterocycles. The van der Waals surface area contributed by atoms with Crippen molar-refractivity contribution >= 4 is 22.9 Å². The average Bonchev–Trinajstić information content (AvgIpc) is 2.68. The lowest BCUT2D eigenvalue weighted by molar-refractivity contribution is 0.0305. The maximum atomic E-state index is 5.87. The summed E-state index contributed by atoms with van der Waals surface area (Å²) in [6.45, 7) is 3.97. The molecule has 0 amide bonds. The summed E-state index contributed by atoms with van der Waals surface area (Å²) in [7, 11) is 0. The quantitative estimate of drug-likeness (QED) is 0.827. The molecular formula is C14H18N2OS. The molecule has 1 aromatic rings. The first-order valence-electron chi connectivity index (χ1n) is 6.44. The number of anilines is 1. The molecule has 2 aliphatic rings. The van der Waals surface area contributed by atoms with Crippen LogP contribution in [-0.4, -0.2) is 30.3 Å². The van der Waals surface area contributed by atoms with E-state index >= 15 is 0 Å². The van der Waals surface area contributed by atoms with E-state index in [1.54, 1.807) is 0 Å². The van der Waals surface area contributed by atoms with Crippen molar-refractivity contribution in [3.8, 4) is 0 Å². The highest BCUT2D eigenvalue weighted by atomic mass is 32.1. The monoisotopic (exact) mass is 262 g/mol. The molecule has 1 aromatic carbocycles. The number of fused-ring (bicyclic) bond motifs is 2. The minimum absolute atomic E-state index is 0.379. The van der Waals surface area contributed by atoms with E-state index < -0.39 is 0 Å². The van der Waals surface area contributed by atoms with E-state index in [0.717, 1.165) is 24.3 Å². The second-order valence-corrected chi connectivity index (χ2v) is 5.69. The first-order chi connectivity index (χ1) is 8.63. The molecule has 0 spiro atoms. The van der Waals surface area contributed by atoms with Crippen molar-refractivity contribution in [3.05, 3.63) is 29.3 Å². The molecule has 2 aliphatic heterocycles. The van der Waals surface area contributed by atoms with E-state index in [1.165, 1.54) is 18.4 Å². The number of nitrogens with two attached hydrogens (primary N) is 1. The first kappa shape index (κ1) is 11.9. The highest BCUT2D eigenvalue weighted by molar-refractivity contribution is 7.80. The van der Waals surface area contributed by atoms with Crippen molar-refractivity contribution in [2.45, 2.75) is 32.0 Å². The number of benzene rings is 1. The summed E-state index contributed by atoms with van der Waals surface area (Å²) in [5.74, 6) is 0. The third kappa shape index (κ3) is 2.10. The minimum Gasteiger partial charge on any atom is -0.389 e. The van der Waals surface area contributed by atoms with E-state index in [1.807, 2.05) is 0 Å². The molecular weight excluding hydrogens is 244 g/mol. The Labute approximate surface area is 113 Å². The highest BCUT2D eigenvalue weighted by Gasteiger charge is 2.34. The van der Waals surface area contributed by atoms with E-state index in [0.29, 0.717) is 17.2 Å². The Kier molecular flexibility index (Phi) is 2.99. The topological polar surface area (TPSA) is 38.5 Å². The number of hydrogen-bond acceptors (Lipinski definition) is 3. The van der Waals surface area contributed by atoms with Crippen molar-refractivity contribution in [2.24, 2.45) is 5.73 Å². The van der Waals surface area contributed by atoms with Crippen LogP contribution in [0.2, 0.25) is 0 Å². The molecule has 2 heterocycles. The molecule has 2 bridgehead atoms. The predicted molar refractivity (Wildman–Crippen MR) is 77.2 cm³/mol. The van der Waals surface area contributed by atoms with Crippen LogP contribution in [-0.2, 0) is 4.74 Å². The molecule has 0 radical (unpaired) electrons. The molecule has 96 valence electrons. The van der Waals surface area contributed by atoms with Gasteiger partial charge in [0.25, 0.3) is 0 Å². The van der Waals surface area contributed by atoms with Gasteiger partial charge in [-0.3, -0.25) is 0 Å². The molecule has 4 heteroatoms. The van der Waals surface area contributed by atoms with Gasteiger partial charge >= 0.3 is 0 Å². The molecule has 2 fully saturated rings. The van der Waals surface area contributed by atoms with E-state index in [-0.39, 0.29) is 0 Å². The summed E-state index contributed by atoms with van der Waals surface area (Å²) in [4.78, 5) is 2.85. The zero-order valence-corrected chi connectivity index (χ0v) is 11.4. The fourth-order valence-electron chi connectivity index (χ4n) is 2.93. The van der Waals surface area contributed by atoms with Crippen molar-refractivity contribution in [3.63, 3.8) is 0 Å². The second-order valence-electron chi connectivity index (χ2n) is 5.25. The summed E-state index contributed by atoms with van der Waals surface area (Å²) in [5.41, 5.74) is 9.19. The number of morpholine rings is 1. The Morgan fingerprint density at radius 1 is 1.33 bits per heavy atom. The molecule has 3 rings (SSSR count). The van der Waals surface area contributed by atoms with Gasteiger partial charge in [-0.15, -0.1) is 0 Å². The molecule has 18 heavy (non-hydrogen) atoms. The Morgan fingerprint density at radius 2 is 2.00 bits per heavy atom. The van der Waals surface area contributed by atoms with Crippen LogP contribution in [0.5, 0.6) is 0 Å². The molecule has 2 atom stereocenters. The van der Waals surface area contributed by atoms with Gasteiger partial charge < -0.3 is 15.4 Å². The van der Waals surface area contributed by atoms with Gasteiger partial charge in [0.2, 0.25) is 0 Å². The first-order valence-corrected chi connectivity index (χ1v) is 6.85. The van der Waals surface area contributed by atoms with Crippen LogP contribution in [0.15, 0.2) is 18.2 Å². The maximum absolute atomic E-state index is 5.87. The largest absolute Gasteiger partial charge is 0.389 e. The summed E-state index contributed by atoms with van der Waals surface area (Å²) in [5, 5.41) is 0. The van der Waals surface area contributed by atoms with E-state index in [4.69, 9.17) is 22.7 Å². The molecule has 0 saturated carbocycles. The number of nitrogens with zero attached hydrogens (tertiary/aromatic N) is 1. The van der Waals surface area contributed by atoms with Gasteiger partial charge in [-0.1, -0.05) is 23.8 Å². The third-order valence-corrected chi connectivity index (χ3v) is 4.02. The fourth-order valence-corrected chi connectivity index (χ4v) is 3.10. The average molecular weight is 262 g/mol. The fraction of sp³-hybridized carbons (Fsp3) is 0.500. The van der Waals surface area contributed by atoms with Crippen LogP contribution in [0.25, 0.3) is 0 Å². The minimum atomic E-state index is 0.379. The molecule has 2 unspecified atom stereocenters. The zero-order chi connectivity index (χ0) is 12.7. The lowest BCUT2D eigenvalue weighted by atomic mass is 10.1. The van der Waals surface area contributed by atoms with Gasteiger partial charge in [-0.25, -0.2) is 0 Å². The SMILES string of the molecule is Cc1ccc(N2CC3CCC(C2)O3)c(C(N)=S)c1. The van der Waals surface area contributed by atoms with E-state index in [9.17, 15) is 0 Å². The van der Waals surface area contributed by atoms with E-state index in [2.05, 4.69) is 30.0 Å². The molecule has 2 N–H and O–H groups in total. The van der Waals surface area contributed by atoms with Gasteiger partial charge in [0.05, 0.1) is 12.2 Å². The Hall–Kier alpha value is -1.13. The van der Waals surface area contributed by atoms with Crippen molar-refractivity contribution in [2.75, 3.05) is 18.0 Å². The van der Waals surface area contributed by atoms with Crippen LogP contribution in [0.4, 0.5) is 5.69 Å². The lowest BCUT2D eigenvalue weighted by Gasteiger charge is -2.35.